The first-order valence-electron chi connectivity index (χ1n) is 42.0. The number of aliphatic carboxylic acids is 2. The Morgan fingerprint density at radius 3 is 1.22 bits per heavy atom. The first-order valence-corrected chi connectivity index (χ1v) is 42.0. The first-order chi connectivity index (χ1) is 63.3. The number of pyridine rings is 4. The van der Waals surface area contributed by atoms with Gasteiger partial charge in [-0.15, -0.1) is 0 Å². The molecule has 30 nitrogen and oxygen atoms in total. The third-order valence-electron chi connectivity index (χ3n) is 22.4. The van der Waals surface area contributed by atoms with Crippen molar-refractivity contribution in [3.8, 4) is 74.5 Å². The van der Waals surface area contributed by atoms with Crippen molar-refractivity contribution in [2.24, 2.45) is 17.8 Å². The van der Waals surface area contributed by atoms with Gasteiger partial charge in [-0.05, 0) is 249 Å². The van der Waals surface area contributed by atoms with E-state index < -0.39 is 29.6 Å². The molecule has 12 aromatic rings. The number of phenols is 1. The number of phenolic OH excluding ortho intramolecular Hbond substituents is 1. The zero-order valence-electron chi connectivity index (χ0n) is 70.5. The number of amides is 4. The highest BCUT2D eigenvalue weighted by Crippen LogP contribution is 2.42. The van der Waals surface area contributed by atoms with Crippen LogP contribution in [0.15, 0.2) is 201 Å². The van der Waals surface area contributed by atoms with Crippen molar-refractivity contribution in [1.82, 2.24) is 29.9 Å². The fraction of sp³-hybridized carbons (Fsp3) is 0.237. The molecule has 5 aromatic heterocycles. The summed E-state index contributed by atoms with van der Waals surface area (Å²) in [6.45, 7) is 1.37. The van der Waals surface area contributed by atoms with E-state index in [1.54, 1.807) is 85.5 Å². The van der Waals surface area contributed by atoms with Crippen molar-refractivity contribution < 1.29 is 127 Å². The normalized spacial score (nSPS) is 16.4. The van der Waals surface area contributed by atoms with Crippen molar-refractivity contribution in [1.29, 1.82) is 0 Å². The Bertz CT molecular complexity index is 6350. The van der Waals surface area contributed by atoms with Gasteiger partial charge in [-0.1, -0.05) is 0 Å². The molecule has 0 bridgehead atoms. The number of quaternary nitrogens is 1. The minimum absolute atomic E-state index is 0. The van der Waals surface area contributed by atoms with E-state index >= 15 is 0 Å². The Kier molecular flexibility index (Phi) is 30.0. The van der Waals surface area contributed by atoms with Crippen LogP contribution in [0.1, 0.15) is 115 Å². The zero-order valence-corrected chi connectivity index (χ0v) is 71.3. The van der Waals surface area contributed by atoms with Gasteiger partial charge in [0.25, 0.3) is 0 Å². The first kappa shape index (κ1) is 92.7. The summed E-state index contributed by atoms with van der Waals surface area (Å²) in [5.74, 6) is 4.72. The lowest BCUT2D eigenvalue weighted by atomic mass is 9.90. The lowest BCUT2D eigenvalue weighted by Crippen LogP contribution is -3.00. The molecule has 678 valence electrons. The quantitative estimate of drug-likeness (QED) is 0.0302. The number of halogens is 5. The van der Waals surface area contributed by atoms with Gasteiger partial charge in [0, 0.05) is 96.7 Å². The molecule has 11 N–H and O–H groups in total. The summed E-state index contributed by atoms with van der Waals surface area (Å²) in [6, 6.07) is 45.1. The average molecular weight is 1820 g/mol. The summed E-state index contributed by atoms with van der Waals surface area (Å²) in [4.78, 5) is 128. The number of nitrogens with one attached hydrogen (secondary N) is 5. The highest BCUT2D eigenvalue weighted by atomic mass is 35.5. The number of carbonyl (C=O) groups is 9. The van der Waals surface area contributed by atoms with E-state index in [1.807, 2.05) is 36.4 Å². The summed E-state index contributed by atoms with van der Waals surface area (Å²) in [6.07, 6.45) is 13.8. The molecule has 0 saturated carbocycles. The molecule has 0 radical (unpaired) electrons. The molecule has 132 heavy (non-hydrogen) atoms. The number of rotatable bonds is 17. The topological polar surface area (TPSA) is 435 Å². The average Bonchev–Trinajstić information content (AvgIpc) is 1.13. The van der Waals surface area contributed by atoms with E-state index in [1.165, 1.54) is 79.0 Å². The number of fused-ring (bicyclic) bond motifs is 8. The monoisotopic (exact) mass is 1820 g/mol. The van der Waals surface area contributed by atoms with Crippen molar-refractivity contribution in [3.05, 3.63) is 286 Å². The third kappa shape index (κ3) is 23.5. The summed E-state index contributed by atoms with van der Waals surface area (Å²) in [7, 11) is 0. The summed E-state index contributed by atoms with van der Waals surface area (Å²) in [5.41, 5.74) is 12.6. The fourth-order valence-electron chi connectivity index (χ4n) is 15.4. The zero-order chi connectivity index (χ0) is 91.8. The summed E-state index contributed by atoms with van der Waals surface area (Å²) in [5, 5.41) is 38.0. The van der Waals surface area contributed by atoms with Crippen LogP contribution in [0, 0.1) is 41.0 Å². The van der Waals surface area contributed by atoms with Crippen LogP contribution in [0.2, 0.25) is 0 Å². The molecule has 8 aliphatic heterocycles. The molecule has 7 aromatic carbocycles. The highest BCUT2D eigenvalue weighted by molar-refractivity contribution is 5.99. The number of hydrogen-bond donors (Lipinski definition) is 9. The number of carboxylic acids is 2. The van der Waals surface area contributed by atoms with Gasteiger partial charge in [0.2, 0.25) is 29.4 Å². The van der Waals surface area contributed by atoms with E-state index in [0.717, 1.165) is 68.2 Å². The van der Waals surface area contributed by atoms with Crippen LogP contribution in [-0.2, 0) is 84.9 Å². The van der Waals surface area contributed by atoms with Gasteiger partial charge in [0.1, 0.15) is 141 Å². The minimum Gasteiger partial charge on any atom is -1.00 e. The van der Waals surface area contributed by atoms with Gasteiger partial charge in [-0.3, -0.25) is 43.2 Å². The lowest BCUT2D eigenvalue weighted by Gasteiger charge is -2.25. The Labute approximate surface area is 757 Å². The number of hydrogen-bond acceptors (Lipinski definition) is 22. The van der Waals surface area contributed by atoms with E-state index in [0.29, 0.717) is 169 Å². The molecule has 0 saturated heterocycles. The van der Waals surface area contributed by atoms with Crippen molar-refractivity contribution in [2.45, 2.75) is 95.8 Å². The number of ketones is 3. The summed E-state index contributed by atoms with van der Waals surface area (Å²) >= 11 is 0. The van der Waals surface area contributed by atoms with Crippen LogP contribution in [0.4, 0.5) is 40.8 Å². The second kappa shape index (κ2) is 42.6. The Balaban J connectivity index is 0.000000134. The van der Waals surface area contributed by atoms with Crippen LogP contribution in [0.3, 0.4) is 0 Å². The van der Waals surface area contributed by atoms with E-state index in [-0.39, 0.29) is 128 Å². The van der Waals surface area contributed by atoms with Crippen LogP contribution in [0.5, 0.6) is 63.2 Å². The number of anilines is 4. The van der Waals surface area contributed by atoms with Gasteiger partial charge in [0.15, 0.2) is 5.78 Å². The van der Waals surface area contributed by atoms with E-state index in [9.17, 15) is 65.8 Å². The Morgan fingerprint density at radius 1 is 0.409 bits per heavy atom. The summed E-state index contributed by atoms with van der Waals surface area (Å²) < 4.78 is 92.5. The van der Waals surface area contributed by atoms with Crippen LogP contribution >= 0.6 is 0 Å². The lowest BCUT2D eigenvalue weighted by molar-refractivity contribution is -0.349. The van der Waals surface area contributed by atoms with Gasteiger partial charge in [-0.2, -0.15) is 0 Å². The van der Waals surface area contributed by atoms with Crippen LogP contribution < -0.4 is 72.6 Å². The minimum atomic E-state index is -0.865. The van der Waals surface area contributed by atoms with Gasteiger partial charge in [0.05, 0.1) is 48.8 Å². The number of aromatic hydroxyl groups is 1. The standard InChI is InChI=1S/C27H23FN2O5.C26H21FN4O3.C18H16N2O5.C10H10O4.C8H7FN2O.C8H8FNO.ClH/c28-19-3-1-16(2-4-19)22(31)7-8-23(32)18-13-17-14-20(5-9-24(17)34-15-18)35-25-11-12-29-27-21(25)6-10-26(33)30-27;27-18-3-1-15(2-4-18)21-13-29-25(30-21)17-11-16-12-19(5-7-22(16)33-14-17)34-23-9-10-28-26-20(23)6-8-24(32)31-26;21-16-4-2-13-15(5-6-19-17(13)20-16)25-12-1-3-14-10(8-12)7-11(9-24-14)18(22)23;11-8-1-2-9-6(4-8)3-7(5-14-9)10(12)13;9-6-3-4-10-8-5(6)1-2-7(12)11-8;9-7-3-1-6(2-4-7)8(11)5-10;/h1-5,9,11-12,14,18H,6-8,10,13,15H2,(H,29,30,33);1-5,7,9-10,12-13,17H,6,8,11,14H2,(H,29,30)(H,28,31,32);1,3,5-6,8,11H,2,4,7,9H2,(H,22,23)(H,19,20,21);1-2,4,7,11H,3,5H2,(H,12,13);3-4H,1-2H2,(H,10,11,12);1-4H,5,10H2;1H. The maximum Gasteiger partial charge on any atom is 0.310 e. The van der Waals surface area contributed by atoms with Crippen molar-refractivity contribution >= 4 is 76.2 Å². The van der Waals surface area contributed by atoms with Gasteiger partial charge >= 0.3 is 11.9 Å². The molecule has 8 aliphatic rings. The second-order valence-corrected chi connectivity index (χ2v) is 31.4. The van der Waals surface area contributed by atoms with E-state index in [2.05, 4.69) is 56.9 Å². The van der Waals surface area contributed by atoms with Crippen LogP contribution in [-0.4, -0.2) is 131 Å². The molecule has 35 heteroatoms. The molecule has 4 amide bonds. The number of imidazole rings is 1. The number of carbonyl (C=O) groups excluding carboxylic acids is 7. The second-order valence-electron chi connectivity index (χ2n) is 31.4. The Hall–Kier alpha value is -15.5. The molecule has 0 spiro atoms. The highest BCUT2D eigenvalue weighted by Gasteiger charge is 2.33. The SMILES string of the molecule is O=C(O)C1COc2ccc(O)cc2C1.O=C1CCc2c(F)ccnc2N1.O=C1CCc2c(Oc3ccc4c(c3)CC(C(=O)CCC(=O)c3ccc(F)cc3)CO4)ccnc2N1.O=C1CCc2c(Oc3ccc4c(c3)CC(C(=O)O)CO4)ccnc2N1.O=C1CCc2c(Oc3ccc4c(c3)CC(c3ncc(-c5ccc(F)cc5)[nH]3)CO4)ccnc2N1.[Cl-].[NH3+]CC(=O)c1ccc(F)cc1. The number of aromatic nitrogens is 6. The predicted octanol–water partition coefficient (Wildman–Crippen LogP) is 11.5. The van der Waals surface area contributed by atoms with Gasteiger partial charge in [-0.25, -0.2) is 42.5 Å². The number of aromatic amines is 1. The molecule has 4 atom stereocenters. The number of benzene rings is 7. The van der Waals surface area contributed by atoms with E-state index in [4.69, 9.17) is 43.4 Å². The molecule has 20 rings (SSSR count). The molecule has 13 heterocycles. The van der Waals surface area contributed by atoms with Crippen molar-refractivity contribution in [2.75, 3.05) is 54.2 Å². The molecule has 0 aliphatic carbocycles. The Morgan fingerprint density at radius 2 is 0.780 bits per heavy atom. The number of ether oxygens (including phenoxy) is 7. The number of nitrogens with zero attached hydrogens (tertiary/aromatic N) is 5. The third-order valence-corrected chi connectivity index (χ3v) is 22.4. The number of H-pyrrole nitrogens is 1. The molecule has 4 unspecified atom stereocenters. The number of Topliss-reactive ketones (excluding diaryl/α,β-unsaturated/α-hetero) is 3. The maximum absolute atomic E-state index is 13.2. The molecule has 0 fully saturated rings. The fourth-order valence-corrected chi connectivity index (χ4v) is 15.4. The smallest absolute Gasteiger partial charge is 0.310 e. The van der Waals surface area contributed by atoms with Gasteiger partial charge < -0.3 is 92.9 Å². The largest absolute Gasteiger partial charge is 1.00 e. The molecular weight excluding hydrogens is 1730 g/mol. The number of carboxylic acid groups (broad SMARTS) is 2. The van der Waals surface area contributed by atoms with Crippen molar-refractivity contribution in [3.63, 3.8) is 0 Å². The predicted molar refractivity (Wildman–Crippen MR) is 465 cm³/mol. The van der Waals surface area contributed by atoms with Crippen LogP contribution in [0.25, 0.3) is 11.3 Å². The maximum atomic E-state index is 13.2. The molecular formula is C97H86ClF4N11O19.